The number of imidazole rings is 1. The number of carbonyl (C=O) groups is 1. The van der Waals surface area contributed by atoms with Gasteiger partial charge in [-0.3, -0.25) is 14.3 Å². The summed E-state index contributed by atoms with van der Waals surface area (Å²) >= 11 is 0. The van der Waals surface area contributed by atoms with Crippen molar-refractivity contribution in [2.75, 3.05) is 13.6 Å². The summed E-state index contributed by atoms with van der Waals surface area (Å²) in [5, 5.41) is 18.4. The van der Waals surface area contributed by atoms with E-state index in [9.17, 15) is 9.59 Å². The van der Waals surface area contributed by atoms with Gasteiger partial charge in [0.1, 0.15) is 12.1 Å². The van der Waals surface area contributed by atoms with E-state index in [1.54, 1.807) is 18.1 Å². The molecule has 31 heavy (non-hydrogen) atoms. The number of hydrogen-bond donors (Lipinski definition) is 2. The predicted octanol–water partition coefficient (Wildman–Crippen LogP) is 2.51. The first-order valence-electron chi connectivity index (χ1n) is 10.9. The van der Waals surface area contributed by atoms with Crippen LogP contribution in [0.3, 0.4) is 0 Å². The number of H-pyrrole nitrogens is 2. The molecule has 0 aliphatic heterocycles. The van der Waals surface area contributed by atoms with Gasteiger partial charge in [-0.05, 0) is 50.0 Å². The molecule has 2 unspecified atom stereocenters. The topological polar surface area (TPSA) is 123 Å². The highest BCUT2D eigenvalue weighted by atomic mass is 16.2. The summed E-state index contributed by atoms with van der Waals surface area (Å²) in [7, 11) is 1.71. The highest BCUT2D eigenvalue weighted by Gasteiger charge is 2.57. The predicted molar refractivity (Wildman–Crippen MR) is 115 cm³/mol. The summed E-state index contributed by atoms with van der Waals surface area (Å²) < 4.78 is 1.88. The first-order valence-corrected chi connectivity index (χ1v) is 10.9. The van der Waals surface area contributed by atoms with Crippen LogP contribution in [0.5, 0.6) is 0 Å². The van der Waals surface area contributed by atoms with Crippen LogP contribution in [0.15, 0.2) is 17.1 Å². The van der Waals surface area contributed by atoms with Crippen molar-refractivity contribution < 1.29 is 4.79 Å². The SMILES string of the molecule is CC1CC2(C(=O)N(C)CC#N)CC(C)CC(n3c(=O)[nH]c4nnc5[nH]ccc5c43)(C1)C2. The van der Waals surface area contributed by atoms with Crippen molar-refractivity contribution in [2.45, 2.75) is 51.5 Å². The third kappa shape index (κ3) is 2.81. The highest BCUT2D eigenvalue weighted by molar-refractivity contribution is 5.99. The number of nitrogens with one attached hydrogen (secondary N) is 2. The number of fused-ring (bicyclic) bond motifs is 5. The first kappa shape index (κ1) is 19.8. The fourth-order valence-electron chi connectivity index (χ4n) is 6.89. The average Bonchev–Trinajstić information content (AvgIpc) is 3.29. The van der Waals surface area contributed by atoms with Gasteiger partial charge < -0.3 is 9.88 Å². The molecule has 0 radical (unpaired) electrons. The molecule has 2 fully saturated rings. The Morgan fingerprint density at radius 2 is 1.94 bits per heavy atom. The normalized spacial score (nSPS) is 30.4. The number of rotatable bonds is 3. The van der Waals surface area contributed by atoms with Crippen LogP contribution in [0.1, 0.15) is 46.0 Å². The summed E-state index contributed by atoms with van der Waals surface area (Å²) in [6.45, 7) is 4.41. The van der Waals surface area contributed by atoms with E-state index in [4.69, 9.17) is 5.26 Å². The lowest BCUT2D eigenvalue weighted by Crippen LogP contribution is -2.58. The molecule has 3 heterocycles. The lowest BCUT2D eigenvalue weighted by atomic mass is 9.53. The van der Waals surface area contributed by atoms with E-state index in [1.807, 2.05) is 10.6 Å². The number of nitriles is 1. The number of nitrogens with zero attached hydrogens (tertiary/aromatic N) is 5. The molecule has 2 bridgehead atoms. The van der Waals surface area contributed by atoms with Crippen molar-refractivity contribution in [3.8, 4) is 6.07 Å². The summed E-state index contributed by atoms with van der Waals surface area (Å²) in [5.41, 5.74) is 0.615. The van der Waals surface area contributed by atoms with Gasteiger partial charge in [-0.1, -0.05) is 13.8 Å². The van der Waals surface area contributed by atoms with Crippen molar-refractivity contribution in [3.63, 3.8) is 0 Å². The van der Waals surface area contributed by atoms with Crippen molar-refractivity contribution in [3.05, 3.63) is 22.7 Å². The largest absolute Gasteiger partial charge is 0.345 e. The van der Waals surface area contributed by atoms with Crippen molar-refractivity contribution >= 4 is 28.1 Å². The Bertz CT molecular complexity index is 1260. The van der Waals surface area contributed by atoms with E-state index in [-0.39, 0.29) is 30.0 Å². The van der Waals surface area contributed by atoms with Gasteiger partial charge in [-0.2, -0.15) is 5.26 Å². The van der Waals surface area contributed by atoms with Crippen LogP contribution in [-0.2, 0) is 10.3 Å². The second-order valence-corrected chi connectivity index (χ2v) is 9.93. The van der Waals surface area contributed by atoms with Gasteiger partial charge in [-0.25, -0.2) is 4.79 Å². The minimum Gasteiger partial charge on any atom is -0.345 e. The molecule has 9 nitrogen and oxygen atoms in total. The van der Waals surface area contributed by atoms with Crippen LogP contribution in [0.25, 0.3) is 22.2 Å². The maximum Gasteiger partial charge on any atom is 0.328 e. The molecular formula is C22H27N7O2. The fourth-order valence-corrected chi connectivity index (χ4v) is 6.89. The van der Waals surface area contributed by atoms with E-state index >= 15 is 0 Å². The van der Waals surface area contributed by atoms with Crippen LogP contribution < -0.4 is 5.69 Å². The maximum absolute atomic E-state index is 13.6. The van der Waals surface area contributed by atoms with Gasteiger partial charge in [-0.15, -0.1) is 10.2 Å². The molecule has 0 aromatic carbocycles. The van der Waals surface area contributed by atoms with E-state index in [2.05, 4.69) is 40.1 Å². The smallest absolute Gasteiger partial charge is 0.328 e. The molecule has 2 aliphatic rings. The Hall–Kier alpha value is -3.15. The molecule has 0 saturated heterocycles. The maximum atomic E-state index is 13.6. The molecule has 162 valence electrons. The monoisotopic (exact) mass is 421 g/mol. The first-order chi connectivity index (χ1) is 14.8. The van der Waals surface area contributed by atoms with Gasteiger partial charge in [0.15, 0.2) is 11.3 Å². The molecule has 5 rings (SSSR count). The lowest BCUT2D eigenvalue weighted by molar-refractivity contribution is -0.153. The van der Waals surface area contributed by atoms with Crippen LogP contribution in [-0.4, -0.2) is 49.1 Å². The van der Waals surface area contributed by atoms with Crippen molar-refractivity contribution in [1.29, 1.82) is 5.26 Å². The molecule has 2 aliphatic carbocycles. The van der Waals surface area contributed by atoms with E-state index in [0.717, 1.165) is 36.6 Å². The van der Waals surface area contributed by atoms with Crippen LogP contribution in [0.4, 0.5) is 0 Å². The third-order valence-corrected chi connectivity index (χ3v) is 7.29. The van der Waals surface area contributed by atoms with Crippen LogP contribution in [0.2, 0.25) is 0 Å². The Kier molecular flexibility index (Phi) is 4.26. The molecule has 1 amide bonds. The zero-order valence-corrected chi connectivity index (χ0v) is 18.1. The van der Waals surface area contributed by atoms with Gasteiger partial charge in [0.2, 0.25) is 5.91 Å². The van der Waals surface area contributed by atoms with E-state index in [1.165, 1.54) is 0 Å². The molecular weight excluding hydrogens is 394 g/mol. The highest BCUT2D eigenvalue weighted by Crippen LogP contribution is 2.58. The summed E-state index contributed by atoms with van der Waals surface area (Å²) in [6, 6.07) is 4.02. The van der Waals surface area contributed by atoms with E-state index in [0.29, 0.717) is 17.7 Å². The summed E-state index contributed by atoms with van der Waals surface area (Å²) in [4.78, 5) is 34.4. The second-order valence-electron chi connectivity index (χ2n) is 9.93. The van der Waals surface area contributed by atoms with Gasteiger partial charge in [0.05, 0.1) is 17.0 Å². The number of aromatic nitrogens is 5. The fraction of sp³-hybridized carbons (Fsp3) is 0.591. The number of aromatic amines is 2. The number of carbonyl (C=O) groups excluding carboxylic acids is 1. The van der Waals surface area contributed by atoms with Crippen LogP contribution in [0, 0.1) is 28.6 Å². The zero-order chi connectivity index (χ0) is 22.0. The quantitative estimate of drug-likeness (QED) is 0.629. The minimum absolute atomic E-state index is 0.0241. The Balaban J connectivity index is 1.73. The van der Waals surface area contributed by atoms with Gasteiger partial charge in [0.25, 0.3) is 0 Å². The Morgan fingerprint density at radius 3 is 2.61 bits per heavy atom. The van der Waals surface area contributed by atoms with E-state index < -0.39 is 11.0 Å². The summed E-state index contributed by atoms with van der Waals surface area (Å²) in [6.07, 6.45) is 5.62. The van der Waals surface area contributed by atoms with Crippen LogP contribution >= 0.6 is 0 Å². The average molecular weight is 422 g/mol. The Labute approximate surface area is 179 Å². The second kappa shape index (κ2) is 6.67. The molecule has 2 atom stereocenters. The standard InChI is InChI=1S/C22H27N7O2/c1-13-8-21(19(30)28(3)7-5-23)9-14(2)11-22(10-13,12-21)29-16-15-4-6-24-17(15)26-27-18(16)25-20(29)31/h4,6,13-14H,7-12H2,1-3H3,(H,24,26)(H,25,27,31). The minimum atomic E-state index is -0.568. The zero-order valence-electron chi connectivity index (χ0n) is 18.1. The van der Waals surface area contributed by atoms with Gasteiger partial charge >= 0.3 is 5.69 Å². The number of amides is 1. The molecule has 2 saturated carbocycles. The lowest BCUT2D eigenvalue weighted by Gasteiger charge is -2.56. The molecule has 0 spiro atoms. The molecule has 2 N–H and O–H groups in total. The van der Waals surface area contributed by atoms with Crippen molar-refractivity contribution in [2.24, 2.45) is 17.3 Å². The summed E-state index contributed by atoms with van der Waals surface area (Å²) in [5.74, 6) is 0.569. The molecule has 9 heteroatoms. The molecule has 3 aromatic rings. The third-order valence-electron chi connectivity index (χ3n) is 7.29. The number of hydrogen-bond acceptors (Lipinski definition) is 5. The Morgan fingerprint density at radius 1 is 1.26 bits per heavy atom. The van der Waals surface area contributed by atoms with Crippen molar-refractivity contribution in [1.82, 2.24) is 29.6 Å². The molecule has 3 aromatic heterocycles. The van der Waals surface area contributed by atoms with Gasteiger partial charge in [0, 0.05) is 18.6 Å².